The van der Waals surface area contributed by atoms with E-state index in [4.69, 9.17) is 9.47 Å². The Balaban J connectivity index is 1.50. The van der Waals surface area contributed by atoms with Crippen molar-refractivity contribution in [2.24, 2.45) is 0 Å². The molecule has 0 spiro atoms. The summed E-state index contributed by atoms with van der Waals surface area (Å²) in [5.41, 5.74) is 0. The highest BCUT2D eigenvalue weighted by molar-refractivity contribution is 4.95. The van der Waals surface area contributed by atoms with E-state index in [1.165, 1.54) is 141 Å². The SMILES string of the molecule is CCCCCC=CCC=CCCCCCCCCC1(CCCCCCCCC=CCC=CCCCCC)OC2CC(O)CC2O1. The molecule has 1 N–H and O–H groups in total. The highest BCUT2D eigenvalue weighted by Crippen LogP contribution is 2.43. The number of rotatable bonds is 30. The molecule has 2 unspecified atom stereocenters. The molecule has 2 fully saturated rings. The fraction of sp³-hybridized carbons (Fsp3) is 0.810. The second kappa shape index (κ2) is 27.9. The van der Waals surface area contributed by atoms with Gasteiger partial charge in [0.2, 0.25) is 0 Å². The number of ether oxygens (including phenoxy) is 2. The van der Waals surface area contributed by atoms with Crippen LogP contribution in [0.3, 0.4) is 0 Å². The lowest BCUT2D eigenvalue weighted by molar-refractivity contribution is -0.194. The van der Waals surface area contributed by atoms with Crippen LogP contribution in [-0.4, -0.2) is 29.2 Å². The molecular formula is C42H74O3. The van der Waals surface area contributed by atoms with E-state index >= 15 is 0 Å². The lowest BCUT2D eigenvalue weighted by Crippen LogP contribution is -2.32. The standard InChI is InChI=1S/C42H74O3/c1-3-5-7-9-11-13-15-17-19-21-23-25-27-29-31-33-35-42(44-40-37-39(43)38-41(40)45-42)36-34-32-30-28-26-24-22-20-18-16-14-12-10-8-6-4-2/h11-14,17-20,39-41,43H,3-10,15-16,21-38H2,1-2H3. The molecule has 1 saturated carbocycles. The zero-order chi connectivity index (χ0) is 32.1. The second-order valence-corrected chi connectivity index (χ2v) is 14.0. The fourth-order valence-electron chi connectivity index (χ4n) is 6.89. The summed E-state index contributed by atoms with van der Waals surface area (Å²) in [7, 11) is 0. The minimum absolute atomic E-state index is 0.106. The number of unbranched alkanes of at least 4 members (excludes halogenated alkanes) is 18. The molecule has 0 amide bonds. The van der Waals surface area contributed by atoms with Crippen molar-refractivity contribution < 1.29 is 14.6 Å². The zero-order valence-electron chi connectivity index (χ0n) is 29.9. The highest BCUT2D eigenvalue weighted by Gasteiger charge is 2.50. The van der Waals surface area contributed by atoms with Gasteiger partial charge in [0.1, 0.15) is 0 Å². The van der Waals surface area contributed by atoms with Crippen molar-refractivity contribution in [1.29, 1.82) is 0 Å². The van der Waals surface area contributed by atoms with E-state index in [1.807, 2.05) is 0 Å². The lowest BCUT2D eigenvalue weighted by Gasteiger charge is -2.30. The Labute approximate surface area is 280 Å². The van der Waals surface area contributed by atoms with E-state index in [9.17, 15) is 5.11 Å². The van der Waals surface area contributed by atoms with E-state index in [-0.39, 0.29) is 24.1 Å². The van der Waals surface area contributed by atoms with E-state index < -0.39 is 0 Å². The van der Waals surface area contributed by atoms with Crippen LogP contribution in [-0.2, 0) is 9.47 Å². The third kappa shape index (κ3) is 20.6. The molecule has 0 aromatic rings. The van der Waals surface area contributed by atoms with Crippen molar-refractivity contribution in [3.05, 3.63) is 48.6 Å². The fourth-order valence-corrected chi connectivity index (χ4v) is 6.89. The molecule has 1 heterocycles. The Kier molecular flexibility index (Phi) is 24.8. The van der Waals surface area contributed by atoms with Gasteiger partial charge in [0.15, 0.2) is 5.79 Å². The number of aliphatic hydroxyl groups excluding tert-OH is 1. The molecule has 0 aromatic carbocycles. The molecule has 0 radical (unpaired) electrons. The summed E-state index contributed by atoms with van der Waals surface area (Å²) >= 11 is 0. The molecule has 2 atom stereocenters. The van der Waals surface area contributed by atoms with Crippen molar-refractivity contribution in [2.75, 3.05) is 0 Å². The zero-order valence-corrected chi connectivity index (χ0v) is 29.9. The summed E-state index contributed by atoms with van der Waals surface area (Å²) < 4.78 is 13.2. The molecule has 0 bridgehead atoms. The summed E-state index contributed by atoms with van der Waals surface area (Å²) in [5.74, 6) is -0.389. The van der Waals surface area contributed by atoms with Crippen molar-refractivity contribution in [1.82, 2.24) is 0 Å². The second-order valence-electron chi connectivity index (χ2n) is 14.0. The maximum atomic E-state index is 10.1. The summed E-state index contributed by atoms with van der Waals surface area (Å²) in [4.78, 5) is 0. The van der Waals surface area contributed by atoms with Gasteiger partial charge in [0, 0.05) is 25.7 Å². The van der Waals surface area contributed by atoms with Gasteiger partial charge >= 0.3 is 0 Å². The molecule has 1 aliphatic heterocycles. The van der Waals surface area contributed by atoms with Gasteiger partial charge < -0.3 is 14.6 Å². The van der Waals surface area contributed by atoms with Crippen molar-refractivity contribution in [3.63, 3.8) is 0 Å². The van der Waals surface area contributed by atoms with Crippen molar-refractivity contribution in [3.8, 4) is 0 Å². The maximum Gasteiger partial charge on any atom is 0.169 e. The third-order valence-electron chi connectivity index (χ3n) is 9.67. The largest absolute Gasteiger partial charge is 0.393 e. The summed E-state index contributed by atoms with van der Waals surface area (Å²) in [5, 5.41) is 10.1. The van der Waals surface area contributed by atoms with Gasteiger partial charge in [-0.15, -0.1) is 0 Å². The van der Waals surface area contributed by atoms with Crippen LogP contribution in [0, 0.1) is 0 Å². The van der Waals surface area contributed by atoms with Gasteiger partial charge in [0.25, 0.3) is 0 Å². The molecule has 45 heavy (non-hydrogen) atoms. The van der Waals surface area contributed by atoms with Crippen molar-refractivity contribution >= 4 is 0 Å². The Morgan fingerprint density at radius 2 is 0.800 bits per heavy atom. The number of allylic oxidation sites excluding steroid dienone is 8. The Morgan fingerprint density at radius 1 is 0.467 bits per heavy atom. The Hall–Kier alpha value is -1.16. The highest BCUT2D eigenvalue weighted by atomic mass is 16.8. The molecule has 260 valence electrons. The van der Waals surface area contributed by atoms with Crippen LogP contribution < -0.4 is 0 Å². The molecule has 2 aliphatic rings. The summed E-state index contributed by atoms with van der Waals surface area (Å²) in [6.45, 7) is 4.53. The van der Waals surface area contributed by atoms with E-state index in [0.717, 1.165) is 38.5 Å². The van der Waals surface area contributed by atoms with Crippen LogP contribution in [0.25, 0.3) is 0 Å². The molecule has 1 saturated heterocycles. The van der Waals surface area contributed by atoms with Gasteiger partial charge in [-0.1, -0.05) is 140 Å². The first-order valence-electron chi connectivity index (χ1n) is 19.8. The predicted molar refractivity (Wildman–Crippen MR) is 196 cm³/mol. The number of hydrogen-bond acceptors (Lipinski definition) is 3. The first-order valence-corrected chi connectivity index (χ1v) is 19.8. The van der Waals surface area contributed by atoms with Crippen LogP contribution in [0.15, 0.2) is 48.6 Å². The minimum Gasteiger partial charge on any atom is -0.393 e. The monoisotopic (exact) mass is 627 g/mol. The quantitative estimate of drug-likeness (QED) is 0.0637. The topological polar surface area (TPSA) is 38.7 Å². The molecule has 3 heteroatoms. The summed E-state index contributed by atoms with van der Waals surface area (Å²) in [6, 6.07) is 0. The maximum absolute atomic E-state index is 10.1. The van der Waals surface area contributed by atoms with Gasteiger partial charge in [-0.2, -0.15) is 0 Å². The Morgan fingerprint density at radius 3 is 1.18 bits per heavy atom. The van der Waals surface area contributed by atoms with Crippen molar-refractivity contribution in [2.45, 2.75) is 218 Å². The first kappa shape index (κ1) is 40.0. The minimum atomic E-state index is -0.389. The predicted octanol–water partition coefficient (Wildman–Crippen LogP) is 13.0. The van der Waals surface area contributed by atoms with Crippen LogP contribution in [0.2, 0.25) is 0 Å². The normalized spacial score (nSPS) is 23.6. The van der Waals surface area contributed by atoms with Gasteiger partial charge in [-0.25, -0.2) is 0 Å². The summed E-state index contributed by atoms with van der Waals surface area (Å²) in [6.07, 6.45) is 52.9. The molecule has 0 aromatic heterocycles. The number of aliphatic hydroxyl groups is 1. The smallest absolute Gasteiger partial charge is 0.169 e. The molecular weight excluding hydrogens is 552 g/mol. The molecule has 3 nitrogen and oxygen atoms in total. The third-order valence-corrected chi connectivity index (χ3v) is 9.67. The van der Waals surface area contributed by atoms with E-state index in [0.29, 0.717) is 0 Å². The van der Waals surface area contributed by atoms with Gasteiger partial charge in [-0.3, -0.25) is 0 Å². The lowest BCUT2D eigenvalue weighted by atomic mass is 9.98. The van der Waals surface area contributed by atoms with Gasteiger partial charge in [0.05, 0.1) is 18.3 Å². The van der Waals surface area contributed by atoms with E-state index in [2.05, 4.69) is 62.5 Å². The molecule has 2 rings (SSSR count). The average Bonchev–Trinajstić information content (AvgIpc) is 3.54. The molecule has 1 aliphatic carbocycles. The van der Waals surface area contributed by atoms with Crippen LogP contribution in [0.1, 0.15) is 194 Å². The number of hydrogen-bond donors (Lipinski definition) is 1. The van der Waals surface area contributed by atoms with Crippen LogP contribution in [0.5, 0.6) is 0 Å². The average molecular weight is 627 g/mol. The Bertz CT molecular complexity index is 717. The van der Waals surface area contributed by atoms with E-state index in [1.54, 1.807) is 0 Å². The van der Waals surface area contributed by atoms with Crippen LogP contribution >= 0.6 is 0 Å². The van der Waals surface area contributed by atoms with Crippen LogP contribution in [0.4, 0.5) is 0 Å². The van der Waals surface area contributed by atoms with Gasteiger partial charge in [-0.05, 0) is 77.0 Å². The number of fused-ring (bicyclic) bond motifs is 1. The first-order chi connectivity index (χ1) is 22.2.